The molecule has 0 spiro atoms. The van der Waals surface area contributed by atoms with E-state index in [1.165, 1.54) is 20.3 Å². The lowest BCUT2D eigenvalue weighted by Crippen LogP contribution is -2.06. The molecule has 0 bridgehead atoms. The molecule has 2 aromatic heterocycles. The number of anilines is 1. The Morgan fingerprint density at radius 1 is 1.08 bits per heavy atom. The van der Waals surface area contributed by atoms with Crippen molar-refractivity contribution in [1.82, 2.24) is 15.0 Å². The minimum atomic E-state index is -0.416. The molecular weight excluding hydrogens is 466 g/mol. The Hall–Kier alpha value is -4.93. The molecule has 0 aliphatic carbocycles. The third-order valence-corrected chi connectivity index (χ3v) is 5.75. The number of hydrogen-bond acceptors (Lipinski definition) is 9. The largest absolute Gasteiger partial charge is 0.496 e. The van der Waals surface area contributed by atoms with Gasteiger partial charge in [0.15, 0.2) is 0 Å². The number of nitrogens with one attached hydrogen (secondary N) is 1. The van der Waals surface area contributed by atoms with Gasteiger partial charge in [0.05, 0.1) is 49.4 Å². The van der Waals surface area contributed by atoms with Crippen LogP contribution in [-0.2, 0) is 13.1 Å². The second kappa shape index (κ2) is 9.37. The van der Waals surface area contributed by atoms with Crippen molar-refractivity contribution in [2.75, 3.05) is 19.5 Å². The maximum absolute atomic E-state index is 13.3. The van der Waals surface area contributed by atoms with Crippen LogP contribution in [0.2, 0.25) is 0 Å². The Morgan fingerprint density at radius 2 is 1.92 bits per heavy atom. The fourth-order valence-electron chi connectivity index (χ4n) is 4.00. The molecule has 11 heteroatoms. The molecule has 0 atom stereocenters. The summed E-state index contributed by atoms with van der Waals surface area (Å²) in [7, 11) is 3.01. The summed E-state index contributed by atoms with van der Waals surface area (Å²) in [6, 6.07) is 15.0. The number of fused-ring (bicyclic) bond motifs is 2. The van der Waals surface area contributed by atoms with E-state index in [2.05, 4.69) is 15.6 Å². The van der Waals surface area contributed by atoms with Gasteiger partial charge >= 0.3 is 0 Å². The zero-order chi connectivity index (χ0) is 25.2. The van der Waals surface area contributed by atoms with Crippen molar-refractivity contribution in [1.29, 1.82) is 0 Å². The number of nitro groups is 1. The number of aromatic nitrogens is 3. The third kappa shape index (κ3) is 4.29. The van der Waals surface area contributed by atoms with Crippen LogP contribution < -0.4 is 20.2 Å². The highest BCUT2D eigenvalue weighted by atomic mass is 16.6. The SMILES string of the molecule is COc1cc(OC)c2c(=O)c3cc(NCc4cn(Cc5ccccc5[N+](=O)[O-])nn4)ccc3oc2c1. The van der Waals surface area contributed by atoms with E-state index in [9.17, 15) is 14.9 Å². The molecule has 0 aliphatic rings. The first-order valence-electron chi connectivity index (χ1n) is 10.9. The molecule has 0 aliphatic heterocycles. The zero-order valence-electron chi connectivity index (χ0n) is 19.4. The summed E-state index contributed by atoms with van der Waals surface area (Å²) in [4.78, 5) is 24.1. The normalized spacial score (nSPS) is 11.1. The van der Waals surface area contributed by atoms with Gasteiger partial charge in [-0.3, -0.25) is 14.9 Å². The number of para-hydroxylation sites is 1. The number of nitro benzene ring substituents is 1. The second-order valence-corrected chi connectivity index (χ2v) is 7.99. The molecule has 1 N–H and O–H groups in total. The summed E-state index contributed by atoms with van der Waals surface area (Å²) >= 11 is 0. The van der Waals surface area contributed by atoms with Gasteiger partial charge in [-0.15, -0.1) is 5.10 Å². The Balaban J connectivity index is 1.38. The molecule has 5 rings (SSSR count). The Labute approximate surface area is 204 Å². The summed E-state index contributed by atoms with van der Waals surface area (Å²) < 4.78 is 18.2. The van der Waals surface area contributed by atoms with Gasteiger partial charge in [-0.2, -0.15) is 0 Å². The van der Waals surface area contributed by atoms with Gasteiger partial charge in [0.1, 0.15) is 33.7 Å². The summed E-state index contributed by atoms with van der Waals surface area (Å²) in [6.07, 6.45) is 1.71. The van der Waals surface area contributed by atoms with Crippen molar-refractivity contribution in [2.45, 2.75) is 13.1 Å². The summed E-state index contributed by atoms with van der Waals surface area (Å²) in [5, 5.41) is 23.4. The van der Waals surface area contributed by atoms with Crippen molar-refractivity contribution in [3.63, 3.8) is 0 Å². The topological polar surface area (TPSA) is 135 Å². The average molecular weight is 487 g/mol. The molecular formula is C25H21N5O6. The maximum Gasteiger partial charge on any atom is 0.274 e. The molecule has 0 radical (unpaired) electrons. The van der Waals surface area contributed by atoms with Crippen molar-refractivity contribution in [3.05, 3.63) is 92.4 Å². The van der Waals surface area contributed by atoms with E-state index >= 15 is 0 Å². The highest BCUT2D eigenvalue weighted by Crippen LogP contribution is 2.31. The van der Waals surface area contributed by atoms with Crippen molar-refractivity contribution in [2.24, 2.45) is 0 Å². The Bertz CT molecular complexity index is 1660. The van der Waals surface area contributed by atoms with E-state index in [0.29, 0.717) is 56.9 Å². The lowest BCUT2D eigenvalue weighted by atomic mass is 10.1. The molecule has 3 aromatic carbocycles. The summed E-state index contributed by atoms with van der Waals surface area (Å²) in [5.41, 5.74) is 2.48. The third-order valence-electron chi connectivity index (χ3n) is 5.75. The molecule has 0 amide bonds. The quantitative estimate of drug-likeness (QED) is 0.195. The first kappa shape index (κ1) is 22.8. The Morgan fingerprint density at radius 3 is 2.69 bits per heavy atom. The predicted octanol–water partition coefficient (Wildman–Crippen LogP) is 4.12. The molecule has 36 heavy (non-hydrogen) atoms. The van der Waals surface area contributed by atoms with E-state index in [4.69, 9.17) is 13.9 Å². The number of nitrogens with zero attached hydrogens (tertiary/aromatic N) is 4. The standard InChI is InChI=1S/C25H21N5O6/c1-34-18-10-22(35-2)24-23(11-18)36-21-8-7-16(9-19(21)25(24)31)26-12-17-14-29(28-27-17)13-15-5-3-4-6-20(15)30(32)33/h3-11,14,26H,12-13H2,1-2H3. The highest BCUT2D eigenvalue weighted by molar-refractivity contribution is 5.95. The van der Waals surface area contributed by atoms with Gasteiger partial charge in [0.2, 0.25) is 5.43 Å². The smallest absolute Gasteiger partial charge is 0.274 e. The van der Waals surface area contributed by atoms with Gasteiger partial charge in [0.25, 0.3) is 5.69 Å². The molecule has 5 aromatic rings. The van der Waals surface area contributed by atoms with Gasteiger partial charge in [-0.25, -0.2) is 4.68 Å². The fraction of sp³-hybridized carbons (Fsp3) is 0.160. The molecule has 0 saturated heterocycles. The number of ether oxygens (including phenoxy) is 2. The van der Waals surface area contributed by atoms with Crippen LogP contribution in [0.25, 0.3) is 21.9 Å². The van der Waals surface area contributed by atoms with Gasteiger partial charge in [-0.05, 0) is 18.2 Å². The number of hydrogen-bond donors (Lipinski definition) is 1. The maximum atomic E-state index is 13.3. The van der Waals surface area contributed by atoms with E-state index in [0.717, 1.165) is 0 Å². The summed E-state index contributed by atoms with van der Waals surface area (Å²) in [6.45, 7) is 0.558. The van der Waals surface area contributed by atoms with Gasteiger partial charge < -0.3 is 19.2 Å². The van der Waals surface area contributed by atoms with E-state index in [1.54, 1.807) is 59.4 Å². The van der Waals surface area contributed by atoms with Crippen LogP contribution >= 0.6 is 0 Å². The Kier molecular flexibility index (Phi) is 5.95. The molecule has 0 fully saturated rings. The lowest BCUT2D eigenvalue weighted by Gasteiger charge is -2.10. The van der Waals surface area contributed by atoms with Crippen LogP contribution in [0.1, 0.15) is 11.3 Å². The van der Waals surface area contributed by atoms with Crippen molar-refractivity contribution < 1.29 is 18.8 Å². The number of rotatable bonds is 8. The molecule has 11 nitrogen and oxygen atoms in total. The van der Waals surface area contributed by atoms with Gasteiger partial charge in [0, 0.05) is 23.9 Å². The van der Waals surface area contributed by atoms with Crippen LogP contribution in [0.3, 0.4) is 0 Å². The van der Waals surface area contributed by atoms with Gasteiger partial charge in [-0.1, -0.05) is 23.4 Å². The van der Waals surface area contributed by atoms with Crippen LogP contribution in [0.5, 0.6) is 11.5 Å². The predicted molar refractivity (Wildman–Crippen MR) is 133 cm³/mol. The lowest BCUT2D eigenvalue weighted by molar-refractivity contribution is -0.385. The second-order valence-electron chi connectivity index (χ2n) is 7.99. The molecule has 182 valence electrons. The van der Waals surface area contributed by atoms with Crippen LogP contribution in [0.15, 0.2) is 70.0 Å². The first-order chi connectivity index (χ1) is 17.5. The zero-order valence-corrected chi connectivity index (χ0v) is 19.4. The monoisotopic (exact) mass is 487 g/mol. The van der Waals surface area contributed by atoms with Crippen molar-refractivity contribution >= 4 is 33.3 Å². The first-order valence-corrected chi connectivity index (χ1v) is 10.9. The molecule has 2 heterocycles. The van der Waals surface area contributed by atoms with Crippen molar-refractivity contribution in [3.8, 4) is 11.5 Å². The number of benzene rings is 3. The van der Waals surface area contributed by atoms with Crippen LogP contribution in [0.4, 0.5) is 11.4 Å². The molecule has 0 unspecified atom stereocenters. The van der Waals surface area contributed by atoms with E-state index < -0.39 is 4.92 Å². The highest BCUT2D eigenvalue weighted by Gasteiger charge is 2.16. The van der Waals surface area contributed by atoms with E-state index in [1.807, 2.05) is 0 Å². The fourth-order valence-corrected chi connectivity index (χ4v) is 4.00. The average Bonchev–Trinajstić information content (AvgIpc) is 3.34. The minimum absolute atomic E-state index is 0.0327. The number of methoxy groups -OCH3 is 2. The minimum Gasteiger partial charge on any atom is -0.496 e. The summed E-state index contributed by atoms with van der Waals surface area (Å²) in [5.74, 6) is 0.892. The van der Waals surface area contributed by atoms with Crippen LogP contribution in [-0.4, -0.2) is 34.1 Å². The van der Waals surface area contributed by atoms with E-state index in [-0.39, 0.29) is 17.7 Å². The van der Waals surface area contributed by atoms with Crippen LogP contribution in [0, 0.1) is 10.1 Å². The molecule has 0 saturated carbocycles.